The molecule has 1 aliphatic rings. The minimum Gasteiger partial charge on any atom is -0.489 e. The van der Waals surface area contributed by atoms with E-state index in [0.29, 0.717) is 30.9 Å². The molecule has 0 spiro atoms. The zero-order chi connectivity index (χ0) is 22.8. The van der Waals surface area contributed by atoms with Gasteiger partial charge in [0.1, 0.15) is 23.5 Å². The second-order valence-electron chi connectivity index (χ2n) is 8.23. The number of anilines is 1. The molecule has 0 aliphatic carbocycles. The van der Waals surface area contributed by atoms with E-state index in [0.717, 1.165) is 0 Å². The van der Waals surface area contributed by atoms with Crippen LogP contribution in [-0.2, 0) is 9.47 Å². The number of rotatable bonds is 4. The quantitative estimate of drug-likeness (QED) is 0.746. The van der Waals surface area contributed by atoms with Gasteiger partial charge in [0.25, 0.3) is 0 Å². The van der Waals surface area contributed by atoms with Crippen LogP contribution in [0.3, 0.4) is 0 Å². The highest BCUT2D eigenvalue weighted by atomic mass is 16.6. The van der Waals surface area contributed by atoms with Crippen molar-refractivity contribution in [2.24, 2.45) is 0 Å². The van der Waals surface area contributed by atoms with E-state index in [1.807, 2.05) is 26.8 Å². The third-order valence-electron chi connectivity index (χ3n) is 4.76. The van der Waals surface area contributed by atoms with Gasteiger partial charge in [-0.15, -0.1) is 0 Å². The van der Waals surface area contributed by atoms with Crippen molar-refractivity contribution < 1.29 is 23.8 Å². The molecule has 0 radical (unpaired) electrons. The van der Waals surface area contributed by atoms with E-state index in [-0.39, 0.29) is 29.1 Å². The number of nitrogens with zero attached hydrogens (tertiary/aromatic N) is 3. The van der Waals surface area contributed by atoms with E-state index in [9.17, 15) is 14.9 Å². The topological polar surface area (TPSA) is 120 Å². The van der Waals surface area contributed by atoms with Gasteiger partial charge in [-0.3, -0.25) is 0 Å². The fourth-order valence-electron chi connectivity index (χ4n) is 3.31. The average Bonchev–Trinajstić information content (AvgIpc) is 3.31. The number of methoxy groups -OCH3 is 1. The van der Waals surface area contributed by atoms with Crippen molar-refractivity contribution in [3.63, 3.8) is 0 Å². The number of hydrogen-bond acceptors (Lipinski definition) is 7. The van der Waals surface area contributed by atoms with Gasteiger partial charge in [-0.1, -0.05) is 0 Å². The second kappa shape index (κ2) is 8.60. The molecule has 2 heterocycles. The number of carbonyl (C=O) groups excluding carboxylic acids is 2. The lowest BCUT2D eigenvalue weighted by Crippen LogP contribution is -2.36. The van der Waals surface area contributed by atoms with E-state index in [1.165, 1.54) is 17.9 Å². The molecule has 1 amide bonds. The molecule has 9 nitrogen and oxygen atoms in total. The molecule has 1 aromatic carbocycles. The molecule has 2 aromatic rings. The number of hydrogen-bond donors (Lipinski definition) is 1. The highest BCUT2D eigenvalue weighted by molar-refractivity contribution is 5.95. The Morgan fingerprint density at radius 3 is 2.48 bits per heavy atom. The summed E-state index contributed by atoms with van der Waals surface area (Å²) in [5.74, 6) is -0.00689. The maximum atomic E-state index is 12.2. The maximum absolute atomic E-state index is 12.2. The Balaban J connectivity index is 1.70. The number of aromatic nitrogens is 1. The van der Waals surface area contributed by atoms with Crippen LogP contribution in [0.15, 0.2) is 30.5 Å². The summed E-state index contributed by atoms with van der Waals surface area (Å²) in [6, 6.07) is 8.99. The number of nitrogens with two attached hydrogens (primary N) is 1. The number of nitriles is 1. The molecule has 1 aromatic heterocycles. The Kier molecular flexibility index (Phi) is 6.11. The number of esters is 1. The van der Waals surface area contributed by atoms with Gasteiger partial charge in [0, 0.05) is 24.8 Å². The summed E-state index contributed by atoms with van der Waals surface area (Å²) in [7, 11) is 1.25. The van der Waals surface area contributed by atoms with Crippen LogP contribution in [0.1, 0.15) is 43.2 Å². The number of likely N-dealkylation sites (tertiary alicyclic amines) is 1. The molecule has 1 saturated heterocycles. The number of amides is 1. The Morgan fingerprint density at radius 2 is 1.90 bits per heavy atom. The van der Waals surface area contributed by atoms with Gasteiger partial charge >= 0.3 is 12.1 Å². The largest absolute Gasteiger partial charge is 0.489 e. The molecule has 3 rings (SSSR count). The van der Waals surface area contributed by atoms with Gasteiger partial charge in [0.05, 0.1) is 24.9 Å². The minimum absolute atomic E-state index is 0.0721. The highest BCUT2D eigenvalue weighted by Gasteiger charge is 2.31. The van der Waals surface area contributed by atoms with Crippen molar-refractivity contribution in [1.29, 1.82) is 5.26 Å². The first-order valence-electron chi connectivity index (χ1n) is 9.87. The smallest absolute Gasteiger partial charge is 0.410 e. The lowest BCUT2D eigenvalue weighted by Gasteiger charge is -2.24. The Bertz CT molecular complexity index is 1010. The summed E-state index contributed by atoms with van der Waals surface area (Å²) < 4.78 is 17.7. The Labute approximate surface area is 180 Å². The third kappa shape index (κ3) is 4.91. The Morgan fingerprint density at radius 1 is 1.23 bits per heavy atom. The first kappa shape index (κ1) is 22.0. The van der Waals surface area contributed by atoms with Crippen molar-refractivity contribution in [3.05, 3.63) is 41.7 Å². The number of benzene rings is 1. The maximum Gasteiger partial charge on any atom is 0.410 e. The predicted molar refractivity (Wildman–Crippen MR) is 113 cm³/mol. The first-order chi connectivity index (χ1) is 14.6. The number of carbonyl (C=O) groups is 2. The van der Waals surface area contributed by atoms with E-state index in [1.54, 1.807) is 29.2 Å². The van der Waals surface area contributed by atoms with Crippen LogP contribution < -0.4 is 10.5 Å². The molecular weight excluding hydrogens is 400 g/mol. The van der Waals surface area contributed by atoms with E-state index >= 15 is 0 Å². The molecule has 9 heteroatoms. The van der Waals surface area contributed by atoms with Crippen LogP contribution >= 0.6 is 0 Å². The number of ether oxygens (including phenoxy) is 3. The molecule has 1 fully saturated rings. The van der Waals surface area contributed by atoms with Gasteiger partial charge in [0.2, 0.25) is 0 Å². The van der Waals surface area contributed by atoms with E-state index < -0.39 is 11.6 Å². The molecule has 0 bridgehead atoms. The first-order valence-corrected chi connectivity index (χ1v) is 9.87. The zero-order valence-electron chi connectivity index (χ0n) is 18.0. The lowest BCUT2D eigenvalue weighted by molar-refractivity contribution is 0.0275. The third-order valence-corrected chi connectivity index (χ3v) is 4.76. The monoisotopic (exact) mass is 426 g/mol. The molecule has 1 unspecified atom stereocenters. The van der Waals surface area contributed by atoms with Crippen molar-refractivity contribution in [2.45, 2.75) is 38.9 Å². The van der Waals surface area contributed by atoms with Crippen LogP contribution in [-0.4, -0.2) is 53.4 Å². The van der Waals surface area contributed by atoms with E-state index in [2.05, 4.69) is 0 Å². The molecular formula is C22H26N4O5. The minimum atomic E-state index is -0.632. The van der Waals surface area contributed by atoms with Crippen LogP contribution in [0, 0.1) is 11.3 Å². The fourth-order valence-corrected chi connectivity index (χ4v) is 3.31. The fraction of sp³-hybridized carbons (Fsp3) is 0.409. The molecule has 164 valence electrons. The summed E-state index contributed by atoms with van der Waals surface area (Å²) in [5, 5.41) is 9.23. The molecule has 31 heavy (non-hydrogen) atoms. The van der Waals surface area contributed by atoms with Crippen LogP contribution in [0.25, 0.3) is 5.69 Å². The molecule has 2 N–H and O–H groups in total. The lowest BCUT2D eigenvalue weighted by atomic mass is 10.2. The summed E-state index contributed by atoms with van der Waals surface area (Å²) in [6.07, 6.45) is 1.71. The Hall–Kier alpha value is -3.67. The van der Waals surface area contributed by atoms with Crippen molar-refractivity contribution >= 4 is 17.7 Å². The summed E-state index contributed by atoms with van der Waals surface area (Å²) in [4.78, 5) is 26.0. The number of nitrogen functional groups attached to an aromatic ring is 1. The normalized spacial score (nSPS) is 16.0. The van der Waals surface area contributed by atoms with Crippen LogP contribution in [0.2, 0.25) is 0 Å². The summed E-state index contributed by atoms with van der Waals surface area (Å²) >= 11 is 0. The van der Waals surface area contributed by atoms with Crippen LogP contribution in [0.4, 0.5) is 10.5 Å². The SMILES string of the molecule is COC(=O)c1c(N)c(C#N)cn1-c1ccc(OC2CCN(C(=O)OC(C)(C)C)C2)cc1. The van der Waals surface area contributed by atoms with Crippen molar-refractivity contribution in [1.82, 2.24) is 9.47 Å². The van der Waals surface area contributed by atoms with E-state index in [4.69, 9.17) is 19.9 Å². The van der Waals surface area contributed by atoms with Gasteiger partial charge in [-0.05, 0) is 45.0 Å². The molecule has 1 aliphatic heterocycles. The van der Waals surface area contributed by atoms with Crippen molar-refractivity contribution in [2.75, 3.05) is 25.9 Å². The van der Waals surface area contributed by atoms with Crippen LogP contribution in [0.5, 0.6) is 5.75 Å². The van der Waals surface area contributed by atoms with Gasteiger partial charge in [-0.25, -0.2) is 9.59 Å². The van der Waals surface area contributed by atoms with Gasteiger partial charge in [0.15, 0.2) is 5.69 Å². The summed E-state index contributed by atoms with van der Waals surface area (Å²) in [6.45, 7) is 6.52. The summed E-state index contributed by atoms with van der Waals surface area (Å²) in [5.41, 5.74) is 6.37. The van der Waals surface area contributed by atoms with Gasteiger partial charge < -0.3 is 29.4 Å². The molecule has 0 saturated carbocycles. The zero-order valence-corrected chi connectivity index (χ0v) is 18.0. The highest BCUT2D eigenvalue weighted by Crippen LogP contribution is 2.27. The standard InChI is InChI=1S/C22H26N4O5/c1-22(2,3)31-21(28)25-10-9-17(13-25)30-16-7-5-15(6-8-16)26-12-14(11-23)18(24)19(26)20(27)29-4/h5-8,12,17H,9-10,13,24H2,1-4H3. The predicted octanol–water partition coefficient (Wildman–Crippen LogP) is 3.11. The molecule has 1 atom stereocenters. The average molecular weight is 426 g/mol. The van der Waals surface area contributed by atoms with Gasteiger partial charge in [-0.2, -0.15) is 5.26 Å². The second-order valence-corrected chi connectivity index (χ2v) is 8.23. The van der Waals surface area contributed by atoms with Crippen molar-refractivity contribution in [3.8, 4) is 17.5 Å².